The van der Waals surface area contributed by atoms with Crippen molar-refractivity contribution in [1.82, 2.24) is 0 Å². The number of carbonyl (C=O) groups excluding carboxylic acids is 2. The van der Waals surface area contributed by atoms with Crippen LogP contribution in [0.2, 0.25) is 0 Å². The van der Waals surface area contributed by atoms with Crippen molar-refractivity contribution in [2.45, 2.75) is 26.2 Å². The van der Waals surface area contributed by atoms with Crippen LogP contribution in [0.4, 0.5) is 5.00 Å². The first-order valence-electron chi connectivity index (χ1n) is 7.59. The molecule has 0 fully saturated rings. The minimum Gasteiger partial charge on any atom is -0.483 e. The fraction of sp³-hybridized carbons (Fsp3) is 0.294. The van der Waals surface area contributed by atoms with Gasteiger partial charge in [0, 0.05) is 4.88 Å². The number of benzene rings is 1. The molecular formula is C17H17BrN2O3S. The number of aryl methyl sites for hydroxylation is 2. The fourth-order valence-electron chi connectivity index (χ4n) is 2.78. The molecule has 0 bridgehead atoms. The molecule has 0 radical (unpaired) electrons. The van der Waals surface area contributed by atoms with Crippen molar-refractivity contribution >= 4 is 44.1 Å². The van der Waals surface area contributed by atoms with Gasteiger partial charge in [0.2, 0.25) is 0 Å². The van der Waals surface area contributed by atoms with Gasteiger partial charge in [-0.3, -0.25) is 9.59 Å². The molecule has 2 amide bonds. The van der Waals surface area contributed by atoms with Crippen LogP contribution in [0.1, 0.15) is 32.8 Å². The third-order valence-electron chi connectivity index (χ3n) is 3.87. The highest BCUT2D eigenvalue weighted by Crippen LogP contribution is 2.38. The molecule has 7 heteroatoms. The lowest BCUT2D eigenvalue weighted by molar-refractivity contribution is -0.118. The first-order chi connectivity index (χ1) is 11.5. The van der Waals surface area contributed by atoms with E-state index in [1.165, 1.54) is 11.3 Å². The van der Waals surface area contributed by atoms with E-state index in [9.17, 15) is 9.59 Å². The van der Waals surface area contributed by atoms with E-state index >= 15 is 0 Å². The summed E-state index contributed by atoms with van der Waals surface area (Å²) in [7, 11) is 0. The number of ether oxygens (including phenoxy) is 1. The van der Waals surface area contributed by atoms with Gasteiger partial charge in [-0.05, 0) is 65.4 Å². The molecule has 0 unspecified atom stereocenters. The van der Waals surface area contributed by atoms with Gasteiger partial charge in [0.1, 0.15) is 10.8 Å². The largest absolute Gasteiger partial charge is 0.483 e. The van der Waals surface area contributed by atoms with Crippen molar-refractivity contribution in [2.75, 3.05) is 11.9 Å². The number of nitrogens with two attached hydrogens (primary N) is 1. The number of primary amides is 1. The Morgan fingerprint density at radius 1 is 1.38 bits per heavy atom. The monoisotopic (exact) mass is 408 g/mol. The summed E-state index contributed by atoms with van der Waals surface area (Å²) in [5.74, 6) is -0.212. The molecule has 0 atom stereocenters. The zero-order chi connectivity index (χ0) is 17.3. The number of hydrogen-bond donors (Lipinski definition) is 2. The topological polar surface area (TPSA) is 81.4 Å². The third kappa shape index (κ3) is 3.47. The van der Waals surface area contributed by atoms with E-state index in [1.807, 2.05) is 19.1 Å². The van der Waals surface area contributed by atoms with Gasteiger partial charge in [-0.25, -0.2) is 0 Å². The SMILES string of the molecule is Cc1ccc(OCC(=O)Nc2sc3c(c2C(N)=O)CCC3)c(Br)c1. The summed E-state index contributed by atoms with van der Waals surface area (Å²) in [5, 5.41) is 3.29. The standard InChI is InChI=1S/C17H17BrN2O3S/c1-9-5-6-12(11(18)7-9)23-8-14(21)20-17-15(16(19)22)10-3-2-4-13(10)24-17/h5-7H,2-4,8H2,1H3,(H2,19,22)(H,20,21). The fourth-order valence-corrected chi connectivity index (χ4v) is 4.70. The number of hydrogen-bond acceptors (Lipinski definition) is 4. The summed E-state index contributed by atoms with van der Waals surface area (Å²) < 4.78 is 6.33. The molecule has 0 spiro atoms. The van der Waals surface area contributed by atoms with Gasteiger partial charge in [0.15, 0.2) is 6.61 Å². The summed E-state index contributed by atoms with van der Waals surface area (Å²) in [6.07, 6.45) is 2.80. The maximum atomic E-state index is 12.2. The zero-order valence-corrected chi connectivity index (χ0v) is 15.6. The first-order valence-corrected chi connectivity index (χ1v) is 9.20. The zero-order valence-electron chi connectivity index (χ0n) is 13.1. The molecule has 1 aromatic heterocycles. The van der Waals surface area contributed by atoms with Gasteiger partial charge in [-0.2, -0.15) is 0 Å². The Balaban J connectivity index is 1.68. The summed E-state index contributed by atoms with van der Waals surface area (Å²) >= 11 is 4.84. The third-order valence-corrected chi connectivity index (χ3v) is 5.69. The average Bonchev–Trinajstić information content (AvgIpc) is 3.06. The average molecular weight is 409 g/mol. The maximum absolute atomic E-state index is 12.2. The van der Waals surface area contributed by atoms with Gasteiger partial charge < -0.3 is 15.8 Å². The molecule has 1 aromatic carbocycles. The number of rotatable bonds is 5. The maximum Gasteiger partial charge on any atom is 0.262 e. The van der Waals surface area contributed by atoms with Crippen molar-refractivity contribution < 1.29 is 14.3 Å². The summed E-state index contributed by atoms with van der Waals surface area (Å²) in [4.78, 5) is 25.0. The molecule has 2 aromatic rings. The number of thiophene rings is 1. The Hall–Kier alpha value is -1.86. The number of halogens is 1. The van der Waals surface area contributed by atoms with Crippen LogP contribution in [0.15, 0.2) is 22.7 Å². The molecule has 3 N–H and O–H groups in total. The van der Waals surface area contributed by atoms with Crippen LogP contribution in [-0.2, 0) is 17.6 Å². The smallest absolute Gasteiger partial charge is 0.262 e. The van der Waals surface area contributed by atoms with Gasteiger partial charge >= 0.3 is 0 Å². The number of carbonyl (C=O) groups is 2. The predicted molar refractivity (Wildman–Crippen MR) is 97.9 cm³/mol. The van der Waals surface area contributed by atoms with E-state index in [0.29, 0.717) is 16.3 Å². The van der Waals surface area contributed by atoms with Crippen LogP contribution in [0.5, 0.6) is 5.75 Å². The first kappa shape index (κ1) is 17.0. The number of fused-ring (bicyclic) bond motifs is 1. The van der Waals surface area contributed by atoms with Crippen molar-refractivity contribution in [3.8, 4) is 5.75 Å². The molecule has 0 aliphatic heterocycles. The lowest BCUT2D eigenvalue weighted by Gasteiger charge is -2.09. The van der Waals surface area contributed by atoms with E-state index in [0.717, 1.165) is 39.7 Å². The van der Waals surface area contributed by atoms with Crippen molar-refractivity contribution in [2.24, 2.45) is 5.73 Å². The Bertz CT molecular complexity index is 816. The molecule has 24 heavy (non-hydrogen) atoms. The predicted octanol–water partition coefficient (Wildman–Crippen LogP) is 3.42. The molecule has 0 saturated carbocycles. The molecule has 3 rings (SSSR count). The second-order valence-electron chi connectivity index (χ2n) is 5.70. The van der Waals surface area contributed by atoms with Crippen LogP contribution >= 0.6 is 27.3 Å². The Morgan fingerprint density at radius 3 is 2.88 bits per heavy atom. The highest BCUT2D eigenvalue weighted by atomic mass is 79.9. The van der Waals surface area contributed by atoms with Crippen molar-refractivity contribution in [1.29, 1.82) is 0 Å². The minimum atomic E-state index is -0.494. The summed E-state index contributed by atoms with van der Waals surface area (Å²) in [5.41, 5.74) is 8.03. The molecule has 1 aliphatic carbocycles. The van der Waals surface area contributed by atoms with E-state index in [1.54, 1.807) is 6.07 Å². The van der Waals surface area contributed by atoms with Crippen LogP contribution in [-0.4, -0.2) is 18.4 Å². The number of nitrogens with one attached hydrogen (secondary N) is 1. The van der Waals surface area contributed by atoms with Crippen LogP contribution in [0, 0.1) is 6.92 Å². The summed E-state index contributed by atoms with van der Waals surface area (Å²) in [6, 6.07) is 5.64. The van der Waals surface area contributed by atoms with Gasteiger partial charge in [0.05, 0.1) is 10.0 Å². The van der Waals surface area contributed by atoms with Gasteiger partial charge in [-0.1, -0.05) is 6.07 Å². The van der Waals surface area contributed by atoms with Crippen molar-refractivity contribution in [3.63, 3.8) is 0 Å². The molecule has 0 saturated heterocycles. The highest BCUT2D eigenvalue weighted by molar-refractivity contribution is 9.10. The molecule has 126 valence electrons. The summed E-state index contributed by atoms with van der Waals surface area (Å²) in [6.45, 7) is 1.84. The normalized spacial score (nSPS) is 12.8. The number of amides is 2. The van der Waals surface area contributed by atoms with E-state index in [2.05, 4.69) is 21.2 Å². The lowest BCUT2D eigenvalue weighted by atomic mass is 10.1. The second kappa shape index (κ2) is 6.94. The van der Waals surface area contributed by atoms with Crippen LogP contribution in [0.3, 0.4) is 0 Å². The quantitative estimate of drug-likeness (QED) is 0.794. The minimum absolute atomic E-state index is 0.136. The molecular weight excluding hydrogens is 392 g/mol. The Labute approximate surface area is 152 Å². The molecule has 5 nitrogen and oxygen atoms in total. The molecule has 1 heterocycles. The van der Waals surface area contributed by atoms with E-state index in [-0.39, 0.29) is 12.5 Å². The van der Waals surface area contributed by atoms with Crippen molar-refractivity contribution in [3.05, 3.63) is 44.2 Å². The molecule has 1 aliphatic rings. The lowest BCUT2D eigenvalue weighted by Crippen LogP contribution is -2.22. The Kier molecular flexibility index (Phi) is 4.91. The van der Waals surface area contributed by atoms with Gasteiger partial charge in [-0.15, -0.1) is 11.3 Å². The Morgan fingerprint density at radius 2 is 2.17 bits per heavy atom. The number of anilines is 1. The highest BCUT2D eigenvalue weighted by Gasteiger charge is 2.26. The van der Waals surface area contributed by atoms with Crippen LogP contribution < -0.4 is 15.8 Å². The van der Waals surface area contributed by atoms with Gasteiger partial charge in [0.25, 0.3) is 11.8 Å². The second-order valence-corrected chi connectivity index (χ2v) is 7.66. The van der Waals surface area contributed by atoms with E-state index < -0.39 is 5.91 Å². The van der Waals surface area contributed by atoms with E-state index in [4.69, 9.17) is 10.5 Å². The van der Waals surface area contributed by atoms with Crippen LogP contribution in [0.25, 0.3) is 0 Å².